The summed E-state index contributed by atoms with van der Waals surface area (Å²) in [6.45, 7) is 4.23. The highest BCUT2D eigenvalue weighted by Crippen LogP contribution is 2.27. The first-order chi connectivity index (χ1) is 13.6. The van der Waals surface area contributed by atoms with Crippen molar-refractivity contribution in [2.75, 3.05) is 25.0 Å². The van der Waals surface area contributed by atoms with Gasteiger partial charge in [0, 0.05) is 54.8 Å². The van der Waals surface area contributed by atoms with Crippen LogP contribution in [0.15, 0.2) is 58.3 Å². The van der Waals surface area contributed by atoms with E-state index in [1.165, 1.54) is 16.8 Å². The average molecular weight is 410 g/mol. The Morgan fingerprint density at radius 2 is 1.93 bits per heavy atom. The molecule has 0 saturated heterocycles. The quantitative estimate of drug-likeness (QED) is 0.578. The third-order valence-corrected chi connectivity index (χ3v) is 7.13. The van der Waals surface area contributed by atoms with Crippen molar-refractivity contribution in [3.63, 3.8) is 0 Å². The van der Waals surface area contributed by atoms with E-state index in [4.69, 9.17) is 0 Å². The second-order valence-corrected chi connectivity index (χ2v) is 9.10. The van der Waals surface area contributed by atoms with E-state index in [2.05, 4.69) is 52.6 Å². The van der Waals surface area contributed by atoms with E-state index < -0.39 is 0 Å². The Bertz CT molecular complexity index is 968. The molecule has 1 aliphatic rings. The summed E-state index contributed by atoms with van der Waals surface area (Å²) in [6, 6.07) is 16.3. The first-order valence-electron chi connectivity index (χ1n) is 9.32. The summed E-state index contributed by atoms with van der Waals surface area (Å²) in [5.41, 5.74) is 5.43. The van der Waals surface area contributed by atoms with E-state index in [1.54, 1.807) is 23.1 Å². The summed E-state index contributed by atoms with van der Waals surface area (Å²) in [7, 11) is 2.09. The summed E-state index contributed by atoms with van der Waals surface area (Å²) in [4.78, 5) is 21.7. The minimum Gasteiger partial charge on any atom is -0.373 e. The van der Waals surface area contributed by atoms with Crippen LogP contribution in [0.1, 0.15) is 27.2 Å². The normalized spacial score (nSPS) is 13.9. The Kier molecular flexibility index (Phi) is 5.69. The first kappa shape index (κ1) is 19.0. The summed E-state index contributed by atoms with van der Waals surface area (Å²) in [5, 5.41) is 2.07. The number of carbonyl (C=O) groups excluding carboxylic acids is 1. The predicted molar refractivity (Wildman–Crippen MR) is 117 cm³/mol. The maximum absolute atomic E-state index is 13.1. The molecule has 2 heterocycles. The van der Waals surface area contributed by atoms with Gasteiger partial charge in [-0.3, -0.25) is 4.79 Å². The molecule has 144 valence electrons. The third-order valence-electron chi connectivity index (χ3n) is 4.92. The molecule has 0 atom stereocenters. The number of thiazole rings is 1. The highest BCUT2D eigenvalue weighted by molar-refractivity contribution is 8.00. The first-order valence-corrected chi connectivity index (χ1v) is 11.2. The maximum Gasteiger partial charge on any atom is 0.254 e. The number of nitrogens with zero attached hydrogens (tertiary/aromatic N) is 3. The maximum atomic E-state index is 13.1. The number of fused-ring (bicyclic) bond motifs is 1. The fourth-order valence-electron chi connectivity index (χ4n) is 3.34. The Morgan fingerprint density at radius 3 is 2.68 bits per heavy atom. The van der Waals surface area contributed by atoms with E-state index in [-0.39, 0.29) is 5.91 Å². The number of amides is 1. The fourth-order valence-corrected chi connectivity index (χ4v) is 5.14. The van der Waals surface area contributed by atoms with Crippen molar-refractivity contribution in [2.24, 2.45) is 0 Å². The number of para-hydroxylation sites is 1. The smallest absolute Gasteiger partial charge is 0.254 e. The predicted octanol–water partition coefficient (Wildman–Crippen LogP) is 4.84. The summed E-state index contributed by atoms with van der Waals surface area (Å²) in [5.74, 6) is 0.961. The highest BCUT2D eigenvalue weighted by atomic mass is 32.2. The van der Waals surface area contributed by atoms with Gasteiger partial charge in [0.05, 0.1) is 0 Å². The summed E-state index contributed by atoms with van der Waals surface area (Å²) >= 11 is 3.42. The summed E-state index contributed by atoms with van der Waals surface area (Å²) < 4.78 is 1.09. The monoisotopic (exact) mass is 409 g/mol. The second kappa shape index (κ2) is 8.37. The van der Waals surface area contributed by atoms with Gasteiger partial charge in [-0.05, 0) is 36.2 Å². The number of likely N-dealkylation sites (N-methyl/N-ethyl adjacent to an activating group) is 1. The van der Waals surface area contributed by atoms with Gasteiger partial charge in [-0.15, -0.1) is 11.3 Å². The molecule has 0 fully saturated rings. The Hall–Kier alpha value is -2.31. The van der Waals surface area contributed by atoms with E-state index in [0.29, 0.717) is 6.54 Å². The molecule has 3 aromatic rings. The number of hydrogen-bond donors (Lipinski definition) is 0. The van der Waals surface area contributed by atoms with Gasteiger partial charge in [0.1, 0.15) is 4.34 Å². The van der Waals surface area contributed by atoms with E-state index >= 15 is 0 Å². The van der Waals surface area contributed by atoms with Crippen LogP contribution in [-0.2, 0) is 12.3 Å². The van der Waals surface area contributed by atoms with Crippen molar-refractivity contribution < 1.29 is 4.79 Å². The zero-order valence-electron chi connectivity index (χ0n) is 16.1. The molecule has 0 spiro atoms. The van der Waals surface area contributed by atoms with Crippen LogP contribution >= 0.6 is 23.1 Å². The van der Waals surface area contributed by atoms with Crippen LogP contribution in [0.4, 0.5) is 5.69 Å². The molecule has 0 bridgehead atoms. The molecule has 4 nitrogen and oxygen atoms in total. The lowest BCUT2D eigenvalue weighted by Gasteiger charge is -2.21. The van der Waals surface area contributed by atoms with Crippen molar-refractivity contribution in [1.82, 2.24) is 9.88 Å². The molecule has 1 amide bonds. The Balaban J connectivity index is 1.43. The number of benzene rings is 2. The molecule has 2 aromatic carbocycles. The van der Waals surface area contributed by atoms with Gasteiger partial charge >= 0.3 is 0 Å². The lowest BCUT2D eigenvalue weighted by atomic mass is 10.1. The molecular weight excluding hydrogens is 386 g/mol. The van der Waals surface area contributed by atoms with Crippen LogP contribution in [0.5, 0.6) is 0 Å². The van der Waals surface area contributed by atoms with Crippen LogP contribution in [0, 0.1) is 6.92 Å². The van der Waals surface area contributed by atoms with Crippen LogP contribution < -0.4 is 4.90 Å². The Morgan fingerprint density at radius 1 is 1.14 bits per heavy atom. The molecule has 6 heteroatoms. The van der Waals surface area contributed by atoms with Crippen molar-refractivity contribution in [1.29, 1.82) is 0 Å². The largest absolute Gasteiger partial charge is 0.373 e. The molecule has 0 N–H and O–H groups in total. The zero-order chi connectivity index (χ0) is 19.5. The molecular formula is C22H23N3OS2. The van der Waals surface area contributed by atoms with Crippen LogP contribution in [-0.4, -0.2) is 35.9 Å². The molecule has 1 aromatic heterocycles. The van der Waals surface area contributed by atoms with E-state index in [0.717, 1.165) is 34.4 Å². The highest BCUT2D eigenvalue weighted by Gasteiger charge is 2.22. The number of aromatic nitrogens is 1. The topological polar surface area (TPSA) is 36.4 Å². The zero-order valence-corrected chi connectivity index (χ0v) is 17.7. The summed E-state index contributed by atoms with van der Waals surface area (Å²) in [6.07, 6.45) is 0. The Labute approximate surface area is 174 Å². The van der Waals surface area contributed by atoms with E-state index in [9.17, 15) is 4.79 Å². The average Bonchev–Trinajstić information content (AvgIpc) is 3.06. The van der Waals surface area contributed by atoms with Gasteiger partial charge in [0.15, 0.2) is 0 Å². The second-order valence-electron chi connectivity index (χ2n) is 7.02. The number of thioether (sulfide) groups is 1. The molecule has 0 saturated carbocycles. The van der Waals surface area contributed by atoms with Crippen molar-refractivity contribution in [3.8, 4) is 0 Å². The van der Waals surface area contributed by atoms with Crippen LogP contribution in [0.3, 0.4) is 0 Å². The lowest BCUT2D eigenvalue weighted by Crippen LogP contribution is -2.34. The van der Waals surface area contributed by atoms with Crippen molar-refractivity contribution in [2.45, 2.75) is 23.6 Å². The minimum atomic E-state index is 0.0971. The molecule has 1 aliphatic heterocycles. The van der Waals surface area contributed by atoms with Gasteiger partial charge in [-0.25, -0.2) is 4.98 Å². The lowest BCUT2D eigenvalue weighted by molar-refractivity contribution is 0.0752. The van der Waals surface area contributed by atoms with Crippen molar-refractivity contribution >= 4 is 34.7 Å². The molecule has 28 heavy (non-hydrogen) atoms. The minimum absolute atomic E-state index is 0.0971. The van der Waals surface area contributed by atoms with Crippen molar-refractivity contribution in [3.05, 3.63) is 76.3 Å². The number of hydrogen-bond acceptors (Lipinski definition) is 5. The number of anilines is 1. The third kappa shape index (κ3) is 4.23. The molecule has 4 rings (SSSR count). The van der Waals surface area contributed by atoms with Gasteiger partial charge in [-0.2, -0.15) is 0 Å². The molecule has 0 radical (unpaired) electrons. The van der Waals surface area contributed by atoms with Gasteiger partial charge in [0.2, 0.25) is 0 Å². The number of carbonyl (C=O) groups is 1. The molecule has 0 unspecified atom stereocenters. The fraction of sp³-hybridized carbons (Fsp3) is 0.273. The molecule has 0 aliphatic carbocycles. The van der Waals surface area contributed by atoms with E-state index in [1.807, 2.05) is 30.0 Å². The van der Waals surface area contributed by atoms with Gasteiger partial charge in [0.25, 0.3) is 5.91 Å². The standard InChI is InChI=1S/C22H23N3OS2/c1-16-14-27-22(23-16)28-15-17-7-9-18(10-8-17)21(26)25-12-11-24(2)20-6-4-3-5-19(20)13-25/h3-10,14H,11-13,15H2,1-2H3. The van der Waals surface area contributed by atoms with Crippen LogP contribution in [0.25, 0.3) is 0 Å². The van der Waals surface area contributed by atoms with Gasteiger partial charge in [-0.1, -0.05) is 42.1 Å². The van der Waals surface area contributed by atoms with Gasteiger partial charge < -0.3 is 9.80 Å². The SMILES string of the molecule is Cc1csc(SCc2ccc(C(=O)N3CCN(C)c4ccccc4C3)cc2)n1. The number of rotatable bonds is 4. The van der Waals surface area contributed by atoms with Crippen LogP contribution in [0.2, 0.25) is 0 Å². The number of aryl methyl sites for hydroxylation is 1.